The molecule has 100 valence electrons. The van der Waals surface area contributed by atoms with Crippen molar-refractivity contribution in [2.24, 2.45) is 5.29 Å². The van der Waals surface area contributed by atoms with E-state index < -0.39 is 5.60 Å². The average molecular weight is 266 g/mol. The lowest BCUT2D eigenvalue weighted by Crippen LogP contribution is -2.46. The highest BCUT2D eigenvalue weighted by molar-refractivity contribution is 5.46. The van der Waals surface area contributed by atoms with E-state index in [9.17, 15) is 4.91 Å². The highest BCUT2D eigenvalue weighted by atomic mass is 16.5. The van der Waals surface area contributed by atoms with Crippen molar-refractivity contribution >= 4 is 0 Å². The molecule has 0 aliphatic carbocycles. The zero-order valence-corrected chi connectivity index (χ0v) is 11.0. The largest absolute Gasteiger partial charge is 0.480 e. The van der Waals surface area contributed by atoms with Crippen molar-refractivity contribution < 1.29 is 4.74 Å². The number of hydrogen-bond donors (Lipinski definition) is 0. The third-order valence-corrected chi connectivity index (χ3v) is 4.17. The van der Waals surface area contributed by atoms with Gasteiger partial charge >= 0.3 is 0 Å². The number of rotatable bonds is 1. The molecule has 4 heteroatoms. The zero-order chi connectivity index (χ0) is 13.6. The summed E-state index contributed by atoms with van der Waals surface area (Å²) in [6.45, 7) is 1.06. The van der Waals surface area contributed by atoms with E-state index in [0.717, 1.165) is 17.7 Å². The van der Waals surface area contributed by atoms with Gasteiger partial charge in [-0.3, -0.25) is 5.01 Å². The van der Waals surface area contributed by atoms with E-state index in [2.05, 4.69) is 17.4 Å². The van der Waals surface area contributed by atoms with Crippen molar-refractivity contribution in [2.45, 2.75) is 18.6 Å². The molecule has 2 aromatic rings. The van der Waals surface area contributed by atoms with Crippen LogP contribution in [0.2, 0.25) is 0 Å². The second-order valence-electron chi connectivity index (χ2n) is 5.44. The number of benzene rings is 2. The molecule has 0 aromatic heterocycles. The van der Waals surface area contributed by atoms with Gasteiger partial charge in [0.1, 0.15) is 5.75 Å². The molecular weight excluding hydrogens is 252 g/mol. The summed E-state index contributed by atoms with van der Waals surface area (Å²) >= 11 is 0. The fourth-order valence-electron chi connectivity index (χ4n) is 3.33. The maximum absolute atomic E-state index is 11.0. The van der Waals surface area contributed by atoms with Crippen LogP contribution in [0.3, 0.4) is 0 Å². The smallest absolute Gasteiger partial charge is 0.158 e. The summed E-state index contributed by atoms with van der Waals surface area (Å²) in [5.74, 6) is 0.912. The minimum atomic E-state index is -0.480. The van der Waals surface area contributed by atoms with Crippen molar-refractivity contribution in [2.75, 3.05) is 6.54 Å². The molecule has 0 amide bonds. The first kappa shape index (κ1) is 11.5. The van der Waals surface area contributed by atoms with Crippen LogP contribution in [-0.4, -0.2) is 11.6 Å². The van der Waals surface area contributed by atoms with Gasteiger partial charge in [-0.15, -0.1) is 4.91 Å². The Morgan fingerprint density at radius 1 is 1.05 bits per heavy atom. The molecule has 2 heterocycles. The first-order chi connectivity index (χ1) is 9.81. The monoisotopic (exact) mass is 266 g/mol. The van der Waals surface area contributed by atoms with Gasteiger partial charge in [-0.05, 0) is 17.2 Å². The summed E-state index contributed by atoms with van der Waals surface area (Å²) in [7, 11) is 0. The number of hydrogen-bond acceptors (Lipinski definition) is 3. The molecule has 0 bridgehead atoms. The summed E-state index contributed by atoms with van der Waals surface area (Å²) in [4.78, 5) is 11.0. The van der Waals surface area contributed by atoms with E-state index in [4.69, 9.17) is 4.74 Å². The Labute approximate surface area is 116 Å². The van der Waals surface area contributed by atoms with E-state index in [1.54, 1.807) is 5.01 Å². The lowest BCUT2D eigenvalue weighted by molar-refractivity contribution is 0.0259. The molecular formula is C16H14N2O2. The molecule has 4 rings (SSSR count). The molecule has 0 radical (unpaired) electrons. The number of ether oxygens (including phenoxy) is 1. The van der Waals surface area contributed by atoms with Gasteiger partial charge in [-0.25, -0.2) is 0 Å². The van der Waals surface area contributed by atoms with Gasteiger partial charge in [-0.2, -0.15) is 0 Å². The van der Waals surface area contributed by atoms with Crippen LogP contribution in [0.25, 0.3) is 0 Å². The molecule has 2 aliphatic heterocycles. The highest BCUT2D eigenvalue weighted by Gasteiger charge is 2.46. The van der Waals surface area contributed by atoms with E-state index in [0.29, 0.717) is 13.1 Å². The normalized spacial score (nSPS) is 23.1. The van der Waals surface area contributed by atoms with Crippen LogP contribution < -0.4 is 4.74 Å². The van der Waals surface area contributed by atoms with Crippen molar-refractivity contribution in [3.05, 3.63) is 70.1 Å². The third-order valence-electron chi connectivity index (χ3n) is 4.17. The molecule has 1 unspecified atom stereocenters. The van der Waals surface area contributed by atoms with Crippen LogP contribution in [0.4, 0.5) is 0 Å². The molecule has 0 saturated heterocycles. The highest BCUT2D eigenvalue weighted by Crippen LogP contribution is 2.45. The van der Waals surface area contributed by atoms with Gasteiger partial charge < -0.3 is 4.74 Å². The fourth-order valence-corrected chi connectivity index (χ4v) is 3.33. The van der Waals surface area contributed by atoms with Crippen LogP contribution in [0.1, 0.15) is 16.7 Å². The van der Waals surface area contributed by atoms with E-state index in [1.807, 2.05) is 36.4 Å². The van der Waals surface area contributed by atoms with Crippen LogP contribution in [0.15, 0.2) is 53.8 Å². The Kier molecular flexibility index (Phi) is 2.33. The van der Waals surface area contributed by atoms with Crippen LogP contribution in [0, 0.1) is 4.91 Å². The van der Waals surface area contributed by atoms with E-state index in [1.165, 1.54) is 11.1 Å². The molecule has 2 aliphatic rings. The van der Waals surface area contributed by atoms with Crippen molar-refractivity contribution in [1.82, 2.24) is 5.01 Å². The Balaban J connectivity index is 1.84. The zero-order valence-electron chi connectivity index (χ0n) is 11.0. The molecule has 0 saturated carbocycles. The quantitative estimate of drug-likeness (QED) is 0.745. The van der Waals surface area contributed by atoms with Crippen LogP contribution >= 0.6 is 0 Å². The Hall–Kier alpha value is -2.36. The summed E-state index contributed by atoms with van der Waals surface area (Å²) in [6.07, 6.45) is 0.784. The molecule has 0 fully saturated rings. The average Bonchev–Trinajstić information content (AvgIpc) is 2.85. The molecule has 1 atom stereocenters. The molecule has 1 spiro atoms. The predicted molar refractivity (Wildman–Crippen MR) is 75.1 cm³/mol. The minimum Gasteiger partial charge on any atom is -0.480 e. The van der Waals surface area contributed by atoms with Crippen LogP contribution in [0.5, 0.6) is 5.75 Å². The topological polar surface area (TPSA) is 41.9 Å². The molecule has 2 aromatic carbocycles. The third kappa shape index (κ3) is 1.54. The second-order valence-corrected chi connectivity index (χ2v) is 5.44. The van der Waals surface area contributed by atoms with Crippen LogP contribution in [-0.2, 0) is 18.6 Å². The number of nitrogens with zero attached hydrogens (tertiary/aromatic N) is 2. The maximum atomic E-state index is 11.0. The van der Waals surface area contributed by atoms with Crippen molar-refractivity contribution in [1.29, 1.82) is 0 Å². The summed E-state index contributed by atoms with van der Waals surface area (Å²) in [5.41, 5.74) is 3.00. The number of nitroso groups, excluding NO2 is 1. The maximum Gasteiger partial charge on any atom is 0.158 e. The summed E-state index contributed by atoms with van der Waals surface area (Å²) in [6, 6.07) is 16.2. The molecule has 4 nitrogen and oxygen atoms in total. The van der Waals surface area contributed by atoms with Gasteiger partial charge in [0.05, 0.1) is 18.4 Å². The lowest BCUT2D eigenvalue weighted by Gasteiger charge is -2.38. The predicted octanol–water partition coefficient (Wildman–Crippen LogP) is 3.01. The molecule has 20 heavy (non-hydrogen) atoms. The van der Waals surface area contributed by atoms with Crippen molar-refractivity contribution in [3.8, 4) is 5.75 Å². The lowest BCUT2D eigenvalue weighted by atomic mass is 9.83. The number of para-hydroxylation sites is 1. The standard InChI is InChI=1S/C16H14N2O2/c19-17-18-10-13-6-1-3-7-14(13)16(11-18)9-12-5-2-4-8-15(12)20-16/h1-8H,9-11H2. The van der Waals surface area contributed by atoms with Gasteiger partial charge in [0.25, 0.3) is 0 Å². The summed E-state index contributed by atoms with van der Waals surface area (Å²) < 4.78 is 6.25. The first-order valence-corrected chi connectivity index (χ1v) is 6.74. The Morgan fingerprint density at radius 2 is 1.80 bits per heavy atom. The summed E-state index contributed by atoms with van der Waals surface area (Å²) in [5, 5.41) is 4.68. The fraction of sp³-hybridized carbons (Fsp3) is 0.250. The minimum absolute atomic E-state index is 0.480. The second kappa shape index (κ2) is 4.07. The SMILES string of the molecule is O=NN1Cc2ccccc2C2(Cc3ccccc3O2)C1. The van der Waals surface area contributed by atoms with Gasteiger partial charge in [0.15, 0.2) is 5.60 Å². The van der Waals surface area contributed by atoms with Crippen molar-refractivity contribution in [3.63, 3.8) is 0 Å². The van der Waals surface area contributed by atoms with E-state index in [-0.39, 0.29) is 0 Å². The molecule has 0 N–H and O–H groups in total. The Bertz CT molecular complexity index is 659. The number of fused-ring (bicyclic) bond motifs is 3. The van der Waals surface area contributed by atoms with Gasteiger partial charge in [0.2, 0.25) is 0 Å². The van der Waals surface area contributed by atoms with Gasteiger partial charge in [0, 0.05) is 12.0 Å². The Morgan fingerprint density at radius 3 is 2.60 bits per heavy atom. The van der Waals surface area contributed by atoms with E-state index >= 15 is 0 Å². The van der Waals surface area contributed by atoms with Gasteiger partial charge in [-0.1, -0.05) is 42.5 Å². The first-order valence-electron chi connectivity index (χ1n) is 6.74.